The molecule has 1 N–H and O–H groups in total. The maximum absolute atomic E-state index is 12.7. The molecule has 3 amide bonds. The topological polar surface area (TPSA) is 66.5 Å². The fourth-order valence-corrected chi connectivity index (χ4v) is 2.88. The van der Waals surface area contributed by atoms with Crippen molar-refractivity contribution in [2.24, 2.45) is 0 Å². The molecular formula is C17H22N2O3. The van der Waals surface area contributed by atoms with Crippen LogP contribution < -0.4 is 5.32 Å². The number of amides is 3. The summed E-state index contributed by atoms with van der Waals surface area (Å²) < 4.78 is 0. The molecule has 0 aromatic heterocycles. The molecule has 0 saturated carbocycles. The molecule has 0 spiro atoms. The Hall–Kier alpha value is -2.17. The summed E-state index contributed by atoms with van der Waals surface area (Å²) >= 11 is 0. The Labute approximate surface area is 130 Å². The molecule has 1 heterocycles. The molecule has 2 rings (SSSR count). The highest BCUT2D eigenvalue weighted by Gasteiger charge is 2.33. The first-order valence-electron chi connectivity index (χ1n) is 7.61. The molecule has 5 nitrogen and oxygen atoms in total. The minimum absolute atomic E-state index is 0.0441. The van der Waals surface area contributed by atoms with Gasteiger partial charge in [-0.3, -0.25) is 19.7 Å². The quantitative estimate of drug-likeness (QED) is 0.819. The van der Waals surface area contributed by atoms with Crippen LogP contribution in [-0.4, -0.2) is 29.2 Å². The third-order valence-corrected chi connectivity index (χ3v) is 4.16. The van der Waals surface area contributed by atoms with Gasteiger partial charge >= 0.3 is 0 Å². The summed E-state index contributed by atoms with van der Waals surface area (Å²) in [6, 6.07) is 5.95. The lowest BCUT2D eigenvalue weighted by Gasteiger charge is -2.24. The van der Waals surface area contributed by atoms with Crippen molar-refractivity contribution in [3.05, 3.63) is 34.9 Å². The zero-order chi connectivity index (χ0) is 16.3. The Balaban J connectivity index is 2.10. The van der Waals surface area contributed by atoms with Gasteiger partial charge in [0.2, 0.25) is 12.3 Å². The Morgan fingerprint density at radius 2 is 2.09 bits per heavy atom. The summed E-state index contributed by atoms with van der Waals surface area (Å²) in [7, 11) is 0. The SMILES string of the molecule is CC(C)c1cccc2c1C(=O)N(C(C)CCC(=O)NC=O)C2. The highest BCUT2D eigenvalue weighted by atomic mass is 16.2. The van der Waals surface area contributed by atoms with Crippen molar-refractivity contribution in [1.29, 1.82) is 0 Å². The standard InChI is InChI=1S/C17H22N2O3/c1-11(2)14-6-4-5-13-9-19(17(22)16(13)14)12(3)7-8-15(21)18-10-20/h4-6,10-12H,7-9H2,1-3H3,(H,18,20,21). The van der Waals surface area contributed by atoms with Crippen molar-refractivity contribution < 1.29 is 14.4 Å². The van der Waals surface area contributed by atoms with Crippen LogP contribution in [0.4, 0.5) is 0 Å². The third-order valence-electron chi connectivity index (χ3n) is 4.16. The zero-order valence-corrected chi connectivity index (χ0v) is 13.3. The molecule has 118 valence electrons. The van der Waals surface area contributed by atoms with E-state index in [9.17, 15) is 14.4 Å². The molecule has 0 radical (unpaired) electrons. The van der Waals surface area contributed by atoms with Gasteiger partial charge in [-0.05, 0) is 30.4 Å². The summed E-state index contributed by atoms with van der Waals surface area (Å²) in [6.45, 7) is 6.69. The summed E-state index contributed by atoms with van der Waals surface area (Å²) in [6.07, 6.45) is 1.16. The van der Waals surface area contributed by atoms with Gasteiger partial charge in [0, 0.05) is 24.6 Å². The zero-order valence-electron chi connectivity index (χ0n) is 13.3. The van der Waals surface area contributed by atoms with Crippen molar-refractivity contribution in [2.45, 2.75) is 52.1 Å². The van der Waals surface area contributed by atoms with Crippen LogP contribution in [0.1, 0.15) is 61.0 Å². The van der Waals surface area contributed by atoms with Crippen LogP contribution in [0, 0.1) is 0 Å². The predicted octanol–water partition coefficient (Wildman–Crippen LogP) is 2.21. The minimum Gasteiger partial charge on any atom is -0.332 e. The van der Waals surface area contributed by atoms with Crippen LogP contribution in [0.15, 0.2) is 18.2 Å². The molecule has 0 aliphatic carbocycles. The highest BCUT2D eigenvalue weighted by molar-refractivity contribution is 6.00. The fourth-order valence-electron chi connectivity index (χ4n) is 2.88. The first-order valence-corrected chi connectivity index (χ1v) is 7.61. The predicted molar refractivity (Wildman–Crippen MR) is 83.3 cm³/mol. The van der Waals surface area contributed by atoms with E-state index in [1.807, 2.05) is 30.0 Å². The Kier molecular flexibility index (Phi) is 4.96. The van der Waals surface area contributed by atoms with E-state index in [2.05, 4.69) is 19.2 Å². The number of nitrogens with zero attached hydrogens (tertiary/aromatic N) is 1. The number of hydrogen-bond acceptors (Lipinski definition) is 3. The van der Waals surface area contributed by atoms with E-state index in [0.717, 1.165) is 16.7 Å². The van der Waals surface area contributed by atoms with Gasteiger partial charge in [0.15, 0.2) is 0 Å². The number of carbonyl (C=O) groups excluding carboxylic acids is 3. The molecule has 0 bridgehead atoms. The molecule has 22 heavy (non-hydrogen) atoms. The van der Waals surface area contributed by atoms with Crippen molar-refractivity contribution in [3.63, 3.8) is 0 Å². The number of imide groups is 1. The number of hydrogen-bond donors (Lipinski definition) is 1. The van der Waals surface area contributed by atoms with E-state index in [1.54, 1.807) is 0 Å². The lowest BCUT2D eigenvalue weighted by atomic mass is 9.95. The van der Waals surface area contributed by atoms with Crippen molar-refractivity contribution >= 4 is 18.2 Å². The Morgan fingerprint density at radius 1 is 1.36 bits per heavy atom. The fraction of sp³-hybridized carbons (Fsp3) is 0.471. The number of fused-ring (bicyclic) bond motifs is 1. The van der Waals surface area contributed by atoms with Gasteiger partial charge in [0.1, 0.15) is 0 Å². The van der Waals surface area contributed by atoms with Crippen LogP contribution in [0.3, 0.4) is 0 Å². The van der Waals surface area contributed by atoms with Gasteiger partial charge in [-0.15, -0.1) is 0 Å². The average Bonchev–Trinajstić information content (AvgIpc) is 2.82. The maximum atomic E-state index is 12.7. The van der Waals surface area contributed by atoms with Crippen LogP contribution in [0.2, 0.25) is 0 Å². The second-order valence-electron chi connectivity index (χ2n) is 6.04. The normalized spacial score (nSPS) is 14.9. The van der Waals surface area contributed by atoms with Gasteiger partial charge in [0.25, 0.3) is 5.91 Å². The summed E-state index contributed by atoms with van der Waals surface area (Å²) in [5.41, 5.74) is 2.96. The second kappa shape index (κ2) is 6.73. The minimum atomic E-state index is -0.311. The van der Waals surface area contributed by atoms with E-state index in [-0.39, 0.29) is 24.3 Å². The lowest BCUT2D eigenvalue weighted by Crippen LogP contribution is -2.34. The molecule has 0 saturated heterocycles. The van der Waals surface area contributed by atoms with Crippen molar-refractivity contribution in [1.82, 2.24) is 10.2 Å². The summed E-state index contributed by atoms with van der Waals surface area (Å²) in [5, 5.41) is 2.12. The van der Waals surface area contributed by atoms with Gasteiger partial charge in [-0.2, -0.15) is 0 Å². The molecular weight excluding hydrogens is 280 g/mol. The lowest BCUT2D eigenvalue weighted by molar-refractivity contribution is -0.125. The molecule has 5 heteroatoms. The van der Waals surface area contributed by atoms with Crippen LogP contribution in [-0.2, 0) is 16.1 Å². The summed E-state index contributed by atoms with van der Waals surface area (Å²) in [4.78, 5) is 36.1. The summed E-state index contributed by atoms with van der Waals surface area (Å²) in [5.74, 6) is 0.0315. The molecule has 1 aliphatic heterocycles. The van der Waals surface area contributed by atoms with Crippen molar-refractivity contribution in [2.75, 3.05) is 0 Å². The van der Waals surface area contributed by atoms with Gasteiger partial charge in [-0.1, -0.05) is 32.0 Å². The van der Waals surface area contributed by atoms with E-state index in [1.165, 1.54) is 0 Å². The number of benzene rings is 1. The van der Waals surface area contributed by atoms with Crippen molar-refractivity contribution in [3.8, 4) is 0 Å². The molecule has 1 aromatic carbocycles. The van der Waals surface area contributed by atoms with Crippen LogP contribution in [0.5, 0.6) is 0 Å². The van der Waals surface area contributed by atoms with E-state index < -0.39 is 0 Å². The van der Waals surface area contributed by atoms with Crippen LogP contribution >= 0.6 is 0 Å². The number of nitrogens with one attached hydrogen (secondary N) is 1. The number of carbonyl (C=O) groups is 3. The average molecular weight is 302 g/mol. The monoisotopic (exact) mass is 302 g/mol. The smallest absolute Gasteiger partial charge is 0.255 e. The number of rotatable bonds is 6. The molecule has 1 atom stereocenters. The third kappa shape index (κ3) is 3.18. The largest absolute Gasteiger partial charge is 0.332 e. The first-order chi connectivity index (χ1) is 10.5. The molecule has 1 aromatic rings. The Morgan fingerprint density at radius 3 is 2.73 bits per heavy atom. The van der Waals surface area contributed by atoms with Gasteiger partial charge in [-0.25, -0.2) is 0 Å². The first kappa shape index (κ1) is 16.2. The van der Waals surface area contributed by atoms with Crippen LogP contribution in [0.25, 0.3) is 0 Å². The molecule has 1 aliphatic rings. The Bertz CT molecular complexity index is 596. The molecule has 0 fully saturated rings. The van der Waals surface area contributed by atoms with Gasteiger partial charge in [0.05, 0.1) is 0 Å². The second-order valence-corrected chi connectivity index (χ2v) is 6.04. The van der Waals surface area contributed by atoms with E-state index in [0.29, 0.717) is 25.3 Å². The maximum Gasteiger partial charge on any atom is 0.255 e. The molecule has 1 unspecified atom stereocenters. The van der Waals surface area contributed by atoms with E-state index in [4.69, 9.17) is 0 Å². The van der Waals surface area contributed by atoms with E-state index >= 15 is 0 Å². The van der Waals surface area contributed by atoms with Gasteiger partial charge < -0.3 is 4.90 Å². The highest BCUT2D eigenvalue weighted by Crippen LogP contribution is 2.31.